The first-order chi connectivity index (χ1) is 10.7. The molecule has 1 N–H and O–H groups in total. The Morgan fingerprint density at radius 2 is 2.18 bits per heavy atom. The van der Waals surface area contributed by atoms with Crippen LogP contribution < -0.4 is 4.74 Å². The van der Waals surface area contributed by atoms with E-state index in [1.807, 2.05) is 29.2 Å². The fourth-order valence-electron chi connectivity index (χ4n) is 3.86. The molecule has 0 unspecified atom stereocenters. The first-order valence-corrected chi connectivity index (χ1v) is 7.82. The van der Waals surface area contributed by atoms with Crippen molar-refractivity contribution in [3.05, 3.63) is 30.0 Å². The van der Waals surface area contributed by atoms with Crippen molar-refractivity contribution in [2.24, 2.45) is 5.92 Å². The maximum atomic E-state index is 12.8. The molecule has 1 aromatic carbocycles. The first kappa shape index (κ1) is 13.6. The van der Waals surface area contributed by atoms with Gasteiger partial charge in [0.25, 0.3) is 5.91 Å². The number of rotatable bonds is 2. The van der Waals surface area contributed by atoms with Crippen molar-refractivity contribution in [3.63, 3.8) is 0 Å². The van der Waals surface area contributed by atoms with E-state index in [1.54, 1.807) is 7.11 Å². The standard InChI is InChI=1S/C17H21N3O2/c1-19-6-5-11-9-20(10-16(11)19)17(21)15-8-12-7-13(22-2)3-4-14(12)18-15/h3-4,7-8,11,16,18H,5-6,9-10H2,1-2H3/t11-,16+/m1/s1. The monoisotopic (exact) mass is 299 g/mol. The van der Waals surface area contributed by atoms with E-state index in [0.717, 1.165) is 36.3 Å². The molecule has 0 saturated carbocycles. The highest BCUT2D eigenvalue weighted by Crippen LogP contribution is 2.31. The predicted octanol–water partition coefficient (Wildman–Crippen LogP) is 1.95. The van der Waals surface area contributed by atoms with E-state index in [2.05, 4.69) is 16.9 Å². The summed E-state index contributed by atoms with van der Waals surface area (Å²) in [5, 5.41) is 1.01. The van der Waals surface area contributed by atoms with Crippen LogP contribution in [0.5, 0.6) is 5.75 Å². The van der Waals surface area contributed by atoms with Crippen LogP contribution in [0.15, 0.2) is 24.3 Å². The highest BCUT2D eigenvalue weighted by atomic mass is 16.5. The van der Waals surface area contributed by atoms with Gasteiger partial charge in [-0.2, -0.15) is 0 Å². The lowest BCUT2D eigenvalue weighted by molar-refractivity contribution is 0.0770. The second-order valence-electron chi connectivity index (χ2n) is 6.44. The lowest BCUT2D eigenvalue weighted by Crippen LogP contribution is -2.35. The number of fused-ring (bicyclic) bond motifs is 2. The molecule has 116 valence electrons. The molecule has 22 heavy (non-hydrogen) atoms. The highest BCUT2D eigenvalue weighted by Gasteiger charge is 2.41. The summed E-state index contributed by atoms with van der Waals surface area (Å²) in [5.74, 6) is 1.55. The topological polar surface area (TPSA) is 48.6 Å². The fourth-order valence-corrected chi connectivity index (χ4v) is 3.86. The molecule has 1 aromatic heterocycles. The Hall–Kier alpha value is -2.01. The number of benzene rings is 1. The van der Waals surface area contributed by atoms with Gasteiger partial charge in [-0.05, 0) is 50.2 Å². The van der Waals surface area contributed by atoms with Gasteiger partial charge in [0.05, 0.1) is 7.11 Å². The molecule has 0 spiro atoms. The number of nitrogens with one attached hydrogen (secondary N) is 1. The third-order valence-corrected chi connectivity index (χ3v) is 5.17. The molecule has 5 nitrogen and oxygen atoms in total. The SMILES string of the molecule is COc1ccc2[nH]c(C(=O)N3C[C@H]4CCN(C)[C@H]4C3)cc2c1. The molecule has 1 amide bonds. The van der Waals surface area contributed by atoms with Gasteiger partial charge >= 0.3 is 0 Å². The summed E-state index contributed by atoms with van der Waals surface area (Å²) >= 11 is 0. The minimum atomic E-state index is 0.109. The van der Waals surface area contributed by atoms with E-state index < -0.39 is 0 Å². The summed E-state index contributed by atoms with van der Waals surface area (Å²) in [6.07, 6.45) is 1.20. The number of likely N-dealkylation sites (tertiary alicyclic amines) is 2. The third-order valence-electron chi connectivity index (χ3n) is 5.17. The Morgan fingerprint density at radius 3 is 2.95 bits per heavy atom. The van der Waals surface area contributed by atoms with Crippen molar-refractivity contribution < 1.29 is 9.53 Å². The molecule has 2 aromatic rings. The van der Waals surface area contributed by atoms with Crippen LogP contribution >= 0.6 is 0 Å². The van der Waals surface area contributed by atoms with Crippen molar-refractivity contribution >= 4 is 16.8 Å². The number of carbonyl (C=O) groups is 1. The molecular formula is C17H21N3O2. The van der Waals surface area contributed by atoms with Crippen molar-refractivity contribution in [1.29, 1.82) is 0 Å². The van der Waals surface area contributed by atoms with Crippen LogP contribution in [-0.4, -0.2) is 60.5 Å². The molecule has 0 bridgehead atoms. The molecule has 4 rings (SSSR count). The normalized spacial score (nSPS) is 24.9. The average Bonchev–Trinajstić information content (AvgIpc) is 3.21. The number of amides is 1. The Kier molecular flexibility index (Phi) is 3.11. The first-order valence-electron chi connectivity index (χ1n) is 7.82. The Morgan fingerprint density at radius 1 is 1.32 bits per heavy atom. The van der Waals surface area contributed by atoms with Crippen molar-refractivity contribution in [3.8, 4) is 5.75 Å². The smallest absolute Gasteiger partial charge is 0.270 e. The number of likely N-dealkylation sites (N-methyl/N-ethyl adjacent to an activating group) is 1. The fraction of sp³-hybridized carbons (Fsp3) is 0.471. The minimum Gasteiger partial charge on any atom is -0.497 e. The summed E-state index contributed by atoms with van der Waals surface area (Å²) < 4.78 is 5.24. The maximum absolute atomic E-state index is 12.8. The van der Waals surface area contributed by atoms with Gasteiger partial charge in [-0.25, -0.2) is 0 Å². The van der Waals surface area contributed by atoms with E-state index in [1.165, 1.54) is 6.42 Å². The van der Waals surface area contributed by atoms with Gasteiger partial charge in [-0.15, -0.1) is 0 Å². The molecule has 5 heteroatoms. The number of hydrogen-bond donors (Lipinski definition) is 1. The summed E-state index contributed by atoms with van der Waals surface area (Å²) in [4.78, 5) is 20.4. The second-order valence-corrected chi connectivity index (χ2v) is 6.44. The number of ether oxygens (including phenoxy) is 1. The third kappa shape index (κ3) is 2.08. The average molecular weight is 299 g/mol. The van der Waals surface area contributed by atoms with Gasteiger partial charge in [0.2, 0.25) is 0 Å². The van der Waals surface area contributed by atoms with Crippen LogP contribution in [0.1, 0.15) is 16.9 Å². The van der Waals surface area contributed by atoms with Crippen LogP contribution in [0.2, 0.25) is 0 Å². The molecule has 2 fully saturated rings. The summed E-state index contributed by atoms with van der Waals surface area (Å²) in [7, 11) is 3.81. The molecule has 2 aliphatic rings. The number of methoxy groups -OCH3 is 1. The van der Waals surface area contributed by atoms with Gasteiger partial charge in [0.1, 0.15) is 11.4 Å². The number of H-pyrrole nitrogens is 1. The van der Waals surface area contributed by atoms with Gasteiger partial charge in [0.15, 0.2) is 0 Å². The van der Waals surface area contributed by atoms with Crippen molar-refractivity contribution in [2.75, 3.05) is 33.8 Å². The molecule has 2 saturated heterocycles. The lowest BCUT2D eigenvalue weighted by atomic mass is 10.1. The van der Waals surface area contributed by atoms with E-state index in [9.17, 15) is 4.79 Å². The van der Waals surface area contributed by atoms with Crippen LogP contribution in [0.25, 0.3) is 10.9 Å². The van der Waals surface area contributed by atoms with Crippen LogP contribution in [0, 0.1) is 5.92 Å². The van der Waals surface area contributed by atoms with Crippen molar-refractivity contribution in [1.82, 2.24) is 14.8 Å². The van der Waals surface area contributed by atoms with E-state index in [0.29, 0.717) is 17.7 Å². The number of carbonyl (C=O) groups excluding carboxylic acids is 1. The number of hydrogen-bond acceptors (Lipinski definition) is 3. The van der Waals surface area contributed by atoms with Gasteiger partial charge in [-0.3, -0.25) is 4.79 Å². The Balaban J connectivity index is 1.58. The maximum Gasteiger partial charge on any atom is 0.270 e. The predicted molar refractivity (Wildman–Crippen MR) is 85.3 cm³/mol. The van der Waals surface area contributed by atoms with Gasteiger partial charge < -0.3 is 19.5 Å². The van der Waals surface area contributed by atoms with Crippen LogP contribution in [-0.2, 0) is 0 Å². The molecule has 0 radical (unpaired) electrons. The highest BCUT2D eigenvalue weighted by molar-refractivity contribution is 5.98. The Bertz CT molecular complexity index is 724. The van der Waals surface area contributed by atoms with E-state index >= 15 is 0 Å². The zero-order valence-electron chi connectivity index (χ0n) is 13.0. The summed E-state index contributed by atoms with van der Waals surface area (Å²) in [6, 6.07) is 8.28. The second kappa shape index (κ2) is 5.02. The lowest BCUT2D eigenvalue weighted by Gasteiger charge is -2.20. The molecule has 0 aliphatic carbocycles. The minimum absolute atomic E-state index is 0.109. The Labute approximate surface area is 129 Å². The quantitative estimate of drug-likeness (QED) is 0.922. The number of aromatic amines is 1. The molecule has 2 atom stereocenters. The molecule has 3 heterocycles. The van der Waals surface area contributed by atoms with E-state index in [-0.39, 0.29) is 5.91 Å². The van der Waals surface area contributed by atoms with Gasteiger partial charge in [-0.1, -0.05) is 0 Å². The molecular weight excluding hydrogens is 278 g/mol. The number of nitrogens with zero attached hydrogens (tertiary/aromatic N) is 2. The van der Waals surface area contributed by atoms with Crippen LogP contribution in [0.3, 0.4) is 0 Å². The van der Waals surface area contributed by atoms with Crippen LogP contribution in [0.4, 0.5) is 0 Å². The summed E-state index contributed by atoms with van der Waals surface area (Å²) in [5.41, 5.74) is 1.64. The van der Waals surface area contributed by atoms with E-state index in [4.69, 9.17) is 4.74 Å². The van der Waals surface area contributed by atoms with Crippen molar-refractivity contribution in [2.45, 2.75) is 12.5 Å². The zero-order chi connectivity index (χ0) is 15.3. The molecule has 2 aliphatic heterocycles. The zero-order valence-corrected chi connectivity index (χ0v) is 13.0. The summed E-state index contributed by atoms with van der Waals surface area (Å²) in [6.45, 7) is 2.88. The largest absolute Gasteiger partial charge is 0.497 e. The number of aromatic nitrogens is 1. The van der Waals surface area contributed by atoms with Gasteiger partial charge in [0, 0.05) is 30.0 Å².